The smallest absolute Gasteiger partial charge is 0.195 e. The molecule has 0 radical (unpaired) electrons. The van der Waals surface area contributed by atoms with Gasteiger partial charge >= 0.3 is 0 Å². The number of aromatic nitrogens is 3. The molecule has 0 spiro atoms. The lowest BCUT2D eigenvalue weighted by Gasteiger charge is -2.06. The Labute approximate surface area is 109 Å². The van der Waals surface area contributed by atoms with E-state index in [-0.39, 0.29) is 0 Å². The maximum Gasteiger partial charge on any atom is 0.195 e. The second-order valence-corrected chi connectivity index (χ2v) is 5.29. The highest BCUT2D eigenvalue weighted by atomic mass is 35.5. The summed E-state index contributed by atoms with van der Waals surface area (Å²) in [5.41, 5.74) is 2.15. The van der Waals surface area contributed by atoms with Crippen LogP contribution in [0.2, 0.25) is 5.02 Å². The van der Waals surface area contributed by atoms with E-state index in [0.717, 1.165) is 22.0 Å². The van der Waals surface area contributed by atoms with Crippen LogP contribution in [-0.4, -0.2) is 14.8 Å². The lowest BCUT2D eigenvalue weighted by atomic mass is 10.1. The summed E-state index contributed by atoms with van der Waals surface area (Å²) in [6, 6.07) is 6.46. The SMILES string of the molecule is Cc1cc(Cl)cc(-c2n[nH]c(=S)n2C2CC2)c1. The van der Waals surface area contributed by atoms with E-state index in [1.54, 1.807) is 0 Å². The van der Waals surface area contributed by atoms with Gasteiger partial charge in [0.25, 0.3) is 0 Å². The number of nitrogens with one attached hydrogen (secondary N) is 1. The molecule has 1 aromatic carbocycles. The lowest BCUT2D eigenvalue weighted by Crippen LogP contribution is -1.97. The predicted molar refractivity (Wildman–Crippen MR) is 70.9 cm³/mol. The van der Waals surface area contributed by atoms with Crippen molar-refractivity contribution in [2.75, 3.05) is 0 Å². The molecule has 0 atom stereocenters. The van der Waals surface area contributed by atoms with E-state index >= 15 is 0 Å². The van der Waals surface area contributed by atoms with Crippen LogP contribution < -0.4 is 0 Å². The van der Waals surface area contributed by atoms with Crippen molar-refractivity contribution >= 4 is 23.8 Å². The fourth-order valence-corrected chi connectivity index (χ4v) is 2.62. The summed E-state index contributed by atoms with van der Waals surface area (Å²) in [7, 11) is 0. The van der Waals surface area contributed by atoms with Gasteiger partial charge in [-0.15, -0.1) is 0 Å². The van der Waals surface area contributed by atoms with Crippen LogP contribution in [0.25, 0.3) is 11.4 Å². The van der Waals surface area contributed by atoms with Gasteiger partial charge in [-0.05, 0) is 55.7 Å². The topological polar surface area (TPSA) is 33.6 Å². The normalized spacial score (nSPS) is 15.2. The molecule has 1 aromatic heterocycles. The van der Waals surface area contributed by atoms with Gasteiger partial charge in [-0.3, -0.25) is 9.67 Å². The van der Waals surface area contributed by atoms with Crippen molar-refractivity contribution in [3.63, 3.8) is 0 Å². The molecule has 1 saturated carbocycles. The summed E-state index contributed by atoms with van der Waals surface area (Å²) in [4.78, 5) is 0. The Hall–Kier alpha value is -1.13. The molecule has 0 saturated heterocycles. The Morgan fingerprint density at radius 1 is 1.41 bits per heavy atom. The van der Waals surface area contributed by atoms with Crippen LogP contribution in [0.5, 0.6) is 0 Å². The van der Waals surface area contributed by atoms with Crippen molar-refractivity contribution in [2.45, 2.75) is 25.8 Å². The van der Waals surface area contributed by atoms with Crippen LogP contribution in [0.4, 0.5) is 0 Å². The third-order valence-electron chi connectivity index (χ3n) is 2.92. The molecule has 3 nitrogen and oxygen atoms in total. The largest absolute Gasteiger partial charge is 0.297 e. The Balaban J connectivity index is 2.17. The number of hydrogen-bond donors (Lipinski definition) is 1. The van der Waals surface area contributed by atoms with E-state index in [0.29, 0.717) is 10.8 Å². The Bertz CT molecular complexity index is 605. The van der Waals surface area contributed by atoms with Crippen molar-refractivity contribution in [3.8, 4) is 11.4 Å². The average Bonchev–Trinajstić information content (AvgIpc) is 3.01. The molecular weight excluding hydrogens is 254 g/mol. The zero-order valence-corrected chi connectivity index (χ0v) is 11.0. The highest BCUT2D eigenvalue weighted by Crippen LogP contribution is 2.38. The highest BCUT2D eigenvalue weighted by molar-refractivity contribution is 7.71. The molecule has 1 aliphatic carbocycles. The third-order valence-corrected chi connectivity index (χ3v) is 3.42. The quantitative estimate of drug-likeness (QED) is 0.836. The van der Waals surface area contributed by atoms with Crippen LogP contribution in [0.1, 0.15) is 24.4 Å². The van der Waals surface area contributed by atoms with E-state index in [4.69, 9.17) is 23.8 Å². The first-order valence-corrected chi connectivity index (χ1v) is 6.38. The number of rotatable bonds is 2. The molecule has 0 unspecified atom stereocenters. The molecule has 0 aliphatic heterocycles. The number of nitrogens with zero attached hydrogens (tertiary/aromatic N) is 2. The number of aromatic amines is 1. The van der Waals surface area contributed by atoms with E-state index in [1.165, 1.54) is 12.8 Å². The summed E-state index contributed by atoms with van der Waals surface area (Å²) < 4.78 is 2.79. The standard InChI is InChI=1S/C12H12ClN3S/c1-7-4-8(6-9(13)5-7)11-14-15-12(17)16(11)10-2-3-10/h4-6,10H,2-3H2,1H3,(H,15,17). The molecule has 0 amide bonds. The molecule has 1 aliphatic rings. The molecule has 5 heteroatoms. The summed E-state index contributed by atoms with van der Waals surface area (Å²) in [6.45, 7) is 2.03. The maximum atomic E-state index is 6.08. The number of benzene rings is 1. The first kappa shape index (κ1) is 11.0. The van der Waals surface area contributed by atoms with Gasteiger partial charge in [0.05, 0.1) is 0 Å². The van der Waals surface area contributed by atoms with Crippen LogP contribution in [0.3, 0.4) is 0 Å². The second kappa shape index (κ2) is 3.96. The molecule has 1 fully saturated rings. The van der Waals surface area contributed by atoms with Gasteiger partial charge < -0.3 is 0 Å². The van der Waals surface area contributed by atoms with Crippen LogP contribution in [0, 0.1) is 11.7 Å². The first-order valence-electron chi connectivity index (χ1n) is 5.59. The van der Waals surface area contributed by atoms with Gasteiger partial charge in [0.2, 0.25) is 0 Å². The Morgan fingerprint density at radius 3 is 2.82 bits per heavy atom. The predicted octanol–water partition coefficient (Wildman–Crippen LogP) is 3.90. The zero-order chi connectivity index (χ0) is 12.0. The minimum Gasteiger partial charge on any atom is -0.297 e. The summed E-state index contributed by atoms with van der Waals surface area (Å²) >= 11 is 11.3. The summed E-state index contributed by atoms with van der Waals surface area (Å²) in [5.74, 6) is 0.892. The molecule has 3 rings (SSSR count). The highest BCUT2D eigenvalue weighted by Gasteiger charge is 2.27. The average molecular weight is 266 g/mol. The number of aryl methyl sites for hydroxylation is 1. The zero-order valence-electron chi connectivity index (χ0n) is 9.40. The maximum absolute atomic E-state index is 6.08. The van der Waals surface area contributed by atoms with Crippen LogP contribution >= 0.6 is 23.8 Å². The van der Waals surface area contributed by atoms with Crippen molar-refractivity contribution in [3.05, 3.63) is 33.6 Å². The fourth-order valence-electron chi connectivity index (χ4n) is 2.05. The minimum absolute atomic E-state index is 0.510. The number of hydrogen-bond acceptors (Lipinski definition) is 2. The Kier molecular flexibility index (Phi) is 2.56. The van der Waals surface area contributed by atoms with Crippen LogP contribution in [-0.2, 0) is 0 Å². The fraction of sp³-hybridized carbons (Fsp3) is 0.333. The van der Waals surface area contributed by atoms with E-state index < -0.39 is 0 Å². The van der Waals surface area contributed by atoms with E-state index in [2.05, 4.69) is 20.8 Å². The number of H-pyrrole nitrogens is 1. The van der Waals surface area contributed by atoms with Gasteiger partial charge in [-0.1, -0.05) is 11.6 Å². The van der Waals surface area contributed by atoms with Crippen molar-refractivity contribution in [2.24, 2.45) is 0 Å². The lowest BCUT2D eigenvalue weighted by molar-refractivity contribution is 0.735. The molecule has 0 bridgehead atoms. The van der Waals surface area contributed by atoms with Crippen LogP contribution in [0.15, 0.2) is 18.2 Å². The first-order chi connectivity index (χ1) is 8.15. The van der Waals surface area contributed by atoms with E-state index in [1.807, 2.05) is 19.1 Å². The third kappa shape index (κ3) is 2.03. The molecular formula is C12H12ClN3S. The molecule has 1 heterocycles. The van der Waals surface area contributed by atoms with Gasteiger partial charge in [-0.2, -0.15) is 5.10 Å². The Morgan fingerprint density at radius 2 is 2.18 bits per heavy atom. The molecule has 88 valence electrons. The van der Waals surface area contributed by atoms with E-state index in [9.17, 15) is 0 Å². The minimum atomic E-state index is 0.510. The van der Waals surface area contributed by atoms with Gasteiger partial charge in [0.15, 0.2) is 10.6 Å². The number of halogens is 1. The van der Waals surface area contributed by atoms with Crippen molar-refractivity contribution < 1.29 is 0 Å². The second-order valence-electron chi connectivity index (χ2n) is 4.47. The molecule has 1 N–H and O–H groups in total. The van der Waals surface area contributed by atoms with Gasteiger partial charge in [0.1, 0.15) is 0 Å². The monoisotopic (exact) mass is 265 g/mol. The van der Waals surface area contributed by atoms with Gasteiger partial charge in [0, 0.05) is 16.6 Å². The molecule has 2 aromatic rings. The summed E-state index contributed by atoms with van der Waals surface area (Å²) in [6.07, 6.45) is 2.36. The van der Waals surface area contributed by atoms with Gasteiger partial charge in [-0.25, -0.2) is 0 Å². The summed E-state index contributed by atoms with van der Waals surface area (Å²) in [5, 5.41) is 7.92. The van der Waals surface area contributed by atoms with Crippen molar-refractivity contribution in [1.29, 1.82) is 0 Å². The molecule has 17 heavy (non-hydrogen) atoms. The van der Waals surface area contributed by atoms with Crippen molar-refractivity contribution in [1.82, 2.24) is 14.8 Å².